The van der Waals surface area contributed by atoms with Crippen molar-refractivity contribution in [1.29, 1.82) is 5.26 Å². The Morgan fingerprint density at radius 3 is 2.56 bits per heavy atom. The van der Waals surface area contributed by atoms with Gasteiger partial charge in [0.15, 0.2) is 0 Å². The molecule has 0 heterocycles. The van der Waals surface area contributed by atoms with Crippen LogP contribution in [0.15, 0.2) is 48.5 Å². The molecule has 0 aliphatic rings. The van der Waals surface area contributed by atoms with Gasteiger partial charge in [0.05, 0.1) is 18.6 Å². The molecule has 3 heteroatoms. The molecular formula is C15H12NOW-. The van der Waals surface area contributed by atoms with Gasteiger partial charge in [-0.1, -0.05) is 24.3 Å². The minimum absolute atomic E-state index is 0. The van der Waals surface area contributed by atoms with Gasteiger partial charge in [0.25, 0.3) is 0 Å². The molecule has 18 heavy (non-hydrogen) atoms. The van der Waals surface area contributed by atoms with Gasteiger partial charge in [0.2, 0.25) is 0 Å². The SMILES string of the molecule is N#CCc1ccccc1C(O)c1[c-]cccc1.[W]. The Labute approximate surface area is 121 Å². The first-order chi connectivity index (χ1) is 8.33. The van der Waals surface area contributed by atoms with Crippen LogP contribution in [0.4, 0.5) is 0 Å². The van der Waals surface area contributed by atoms with Crippen molar-refractivity contribution < 1.29 is 26.2 Å². The summed E-state index contributed by atoms with van der Waals surface area (Å²) < 4.78 is 0. The summed E-state index contributed by atoms with van der Waals surface area (Å²) in [4.78, 5) is 0. The molecule has 90 valence electrons. The van der Waals surface area contributed by atoms with Gasteiger partial charge in [-0.15, -0.1) is 5.56 Å². The van der Waals surface area contributed by atoms with Crippen molar-refractivity contribution in [1.82, 2.24) is 0 Å². The van der Waals surface area contributed by atoms with Crippen LogP contribution >= 0.6 is 0 Å². The molecule has 1 N–H and O–H groups in total. The summed E-state index contributed by atoms with van der Waals surface area (Å²) in [6.07, 6.45) is -0.416. The molecule has 2 aromatic rings. The van der Waals surface area contributed by atoms with E-state index in [0.717, 1.165) is 16.7 Å². The molecule has 0 amide bonds. The maximum atomic E-state index is 10.3. The summed E-state index contributed by atoms with van der Waals surface area (Å²) in [5, 5.41) is 19.0. The fourth-order valence-corrected chi connectivity index (χ4v) is 1.79. The topological polar surface area (TPSA) is 44.0 Å². The van der Waals surface area contributed by atoms with Gasteiger partial charge in [-0.25, -0.2) is 0 Å². The average Bonchev–Trinajstić information content (AvgIpc) is 2.40. The van der Waals surface area contributed by atoms with Crippen molar-refractivity contribution in [2.45, 2.75) is 12.5 Å². The molecule has 0 aliphatic carbocycles. The zero-order valence-corrected chi connectivity index (χ0v) is 12.6. The van der Waals surface area contributed by atoms with E-state index in [9.17, 15) is 5.11 Å². The molecule has 2 aromatic carbocycles. The fraction of sp³-hybridized carbons (Fsp3) is 0.133. The van der Waals surface area contributed by atoms with Crippen LogP contribution in [0.1, 0.15) is 22.8 Å². The van der Waals surface area contributed by atoms with Gasteiger partial charge >= 0.3 is 0 Å². The normalized spacial score (nSPS) is 11.1. The molecule has 0 saturated heterocycles. The summed E-state index contributed by atoms with van der Waals surface area (Å²) in [6.45, 7) is 0. The first-order valence-corrected chi connectivity index (χ1v) is 5.42. The van der Waals surface area contributed by atoms with Crippen LogP contribution < -0.4 is 0 Å². The van der Waals surface area contributed by atoms with E-state index >= 15 is 0 Å². The second-order valence-corrected chi connectivity index (χ2v) is 3.75. The van der Waals surface area contributed by atoms with Crippen LogP contribution in [0.3, 0.4) is 0 Å². The molecule has 0 aromatic heterocycles. The standard InChI is InChI=1S/C15H12NO.W/c16-11-10-12-6-4-5-9-14(12)15(17)13-7-2-1-3-8-13;/h1-7,9,15,17H,10H2;/q-1;. The Balaban J connectivity index is 0.00000162. The number of aliphatic hydroxyl groups excluding tert-OH is 1. The second kappa shape index (κ2) is 7.11. The first-order valence-electron chi connectivity index (χ1n) is 5.42. The largest absolute Gasteiger partial charge is 0.386 e. The number of nitrogens with zero attached hydrogens (tertiary/aromatic N) is 1. The molecule has 1 atom stereocenters. The van der Waals surface area contributed by atoms with Crippen LogP contribution in [-0.4, -0.2) is 5.11 Å². The number of hydrogen-bond acceptors (Lipinski definition) is 2. The van der Waals surface area contributed by atoms with E-state index in [2.05, 4.69) is 12.1 Å². The number of benzene rings is 2. The molecule has 0 bridgehead atoms. The summed E-state index contributed by atoms with van der Waals surface area (Å²) >= 11 is 0. The maximum absolute atomic E-state index is 10.3. The smallest absolute Gasteiger partial charge is 0.0820 e. The van der Waals surface area contributed by atoms with Gasteiger partial charge in [-0.2, -0.15) is 35.6 Å². The molecule has 1 unspecified atom stereocenters. The Hall–Kier alpha value is -1.42. The molecular weight excluding hydrogens is 394 g/mol. The second-order valence-electron chi connectivity index (χ2n) is 3.75. The van der Waals surface area contributed by atoms with Crippen molar-refractivity contribution in [3.63, 3.8) is 0 Å². The van der Waals surface area contributed by atoms with Crippen LogP contribution in [0.2, 0.25) is 0 Å². The number of rotatable bonds is 3. The number of nitriles is 1. The third kappa shape index (κ3) is 3.29. The zero-order chi connectivity index (χ0) is 12.1. The number of aliphatic hydroxyl groups is 1. The van der Waals surface area contributed by atoms with E-state index in [-0.39, 0.29) is 21.1 Å². The monoisotopic (exact) mass is 406 g/mol. The molecule has 0 radical (unpaired) electrons. The van der Waals surface area contributed by atoms with Gasteiger partial charge < -0.3 is 5.11 Å². The minimum atomic E-state index is -0.722. The summed E-state index contributed by atoms with van der Waals surface area (Å²) in [7, 11) is 0. The van der Waals surface area contributed by atoms with Crippen LogP contribution in [0.25, 0.3) is 0 Å². The Morgan fingerprint density at radius 1 is 1.17 bits per heavy atom. The third-order valence-electron chi connectivity index (χ3n) is 2.65. The summed E-state index contributed by atoms with van der Waals surface area (Å²) in [5.41, 5.74) is 2.36. The zero-order valence-electron chi connectivity index (χ0n) is 9.71. The molecule has 0 aliphatic heterocycles. The molecule has 0 fully saturated rings. The van der Waals surface area contributed by atoms with Gasteiger partial charge in [0.1, 0.15) is 0 Å². The minimum Gasteiger partial charge on any atom is -0.386 e. The van der Waals surface area contributed by atoms with Crippen molar-refractivity contribution in [3.8, 4) is 6.07 Å². The Kier molecular flexibility index (Phi) is 5.78. The molecule has 0 spiro atoms. The Morgan fingerprint density at radius 2 is 1.89 bits per heavy atom. The number of hydrogen-bond donors (Lipinski definition) is 1. The van der Waals surface area contributed by atoms with Crippen molar-refractivity contribution in [2.24, 2.45) is 0 Å². The van der Waals surface area contributed by atoms with Crippen LogP contribution in [0.5, 0.6) is 0 Å². The third-order valence-corrected chi connectivity index (χ3v) is 2.65. The molecule has 2 rings (SSSR count). The quantitative estimate of drug-likeness (QED) is 0.797. The van der Waals surface area contributed by atoms with E-state index in [1.165, 1.54) is 0 Å². The fourth-order valence-electron chi connectivity index (χ4n) is 1.79. The van der Waals surface area contributed by atoms with E-state index in [1.54, 1.807) is 6.07 Å². The van der Waals surface area contributed by atoms with Gasteiger partial charge in [-0.3, -0.25) is 0 Å². The van der Waals surface area contributed by atoms with Crippen molar-refractivity contribution in [3.05, 3.63) is 71.3 Å². The summed E-state index contributed by atoms with van der Waals surface area (Å²) in [5.74, 6) is 0. The predicted octanol–water partition coefficient (Wildman–Crippen LogP) is 2.63. The van der Waals surface area contributed by atoms with Crippen LogP contribution in [-0.2, 0) is 27.5 Å². The van der Waals surface area contributed by atoms with Gasteiger partial charge in [0, 0.05) is 21.1 Å². The van der Waals surface area contributed by atoms with E-state index in [0.29, 0.717) is 6.42 Å². The van der Waals surface area contributed by atoms with Gasteiger partial charge in [-0.05, 0) is 11.1 Å². The van der Waals surface area contributed by atoms with E-state index in [4.69, 9.17) is 5.26 Å². The molecule has 2 nitrogen and oxygen atoms in total. The van der Waals surface area contributed by atoms with E-state index < -0.39 is 6.10 Å². The average molecular weight is 406 g/mol. The molecule has 0 saturated carbocycles. The predicted molar refractivity (Wildman–Crippen MR) is 65.1 cm³/mol. The van der Waals surface area contributed by atoms with E-state index in [1.807, 2.05) is 42.5 Å². The van der Waals surface area contributed by atoms with Crippen molar-refractivity contribution in [2.75, 3.05) is 0 Å². The van der Waals surface area contributed by atoms with Crippen molar-refractivity contribution >= 4 is 0 Å². The summed E-state index contributed by atoms with van der Waals surface area (Å²) in [6, 6.07) is 19.9. The Bertz CT molecular complexity index is 534. The maximum Gasteiger partial charge on any atom is 0.0820 e. The first kappa shape index (κ1) is 14.6. The van der Waals surface area contributed by atoms with Crippen LogP contribution in [0, 0.1) is 17.4 Å².